The Morgan fingerprint density at radius 3 is 2.76 bits per heavy atom. The van der Waals surface area contributed by atoms with E-state index in [1.165, 1.54) is 11.6 Å². The molecular formula is C16H14F2N2O. The highest BCUT2D eigenvalue weighted by Gasteiger charge is 2.23. The van der Waals surface area contributed by atoms with Gasteiger partial charge in [-0.15, -0.1) is 0 Å². The number of aryl methyl sites for hydroxylation is 1. The molecule has 1 aliphatic rings. The van der Waals surface area contributed by atoms with Crippen molar-refractivity contribution in [3.8, 4) is 0 Å². The minimum atomic E-state index is -0.794. The minimum absolute atomic E-state index is 0.0415. The predicted molar refractivity (Wildman–Crippen MR) is 76.0 cm³/mol. The molecule has 5 heteroatoms. The van der Waals surface area contributed by atoms with Crippen molar-refractivity contribution in [1.82, 2.24) is 5.32 Å². The van der Waals surface area contributed by atoms with Crippen LogP contribution in [0.4, 0.5) is 19.3 Å². The number of anilines is 1. The van der Waals surface area contributed by atoms with Crippen molar-refractivity contribution < 1.29 is 13.6 Å². The maximum absolute atomic E-state index is 13.5. The zero-order chi connectivity index (χ0) is 14.8. The van der Waals surface area contributed by atoms with Gasteiger partial charge in [0.15, 0.2) is 0 Å². The molecule has 2 amide bonds. The molecule has 3 nitrogen and oxygen atoms in total. The van der Waals surface area contributed by atoms with Crippen LogP contribution in [0.15, 0.2) is 42.5 Å². The van der Waals surface area contributed by atoms with E-state index in [1.807, 2.05) is 24.3 Å². The maximum atomic E-state index is 13.5. The summed E-state index contributed by atoms with van der Waals surface area (Å²) in [5, 5.41) is 5.22. The Morgan fingerprint density at radius 1 is 1.14 bits per heavy atom. The van der Waals surface area contributed by atoms with Gasteiger partial charge >= 0.3 is 6.03 Å². The first-order chi connectivity index (χ1) is 10.1. The number of halogens is 2. The Morgan fingerprint density at radius 2 is 1.95 bits per heavy atom. The fourth-order valence-electron chi connectivity index (χ4n) is 2.61. The second-order valence-electron chi connectivity index (χ2n) is 5.01. The molecule has 0 aromatic heterocycles. The van der Waals surface area contributed by atoms with Crippen LogP contribution in [0, 0.1) is 11.6 Å². The summed E-state index contributed by atoms with van der Waals surface area (Å²) in [5.41, 5.74) is 2.27. The van der Waals surface area contributed by atoms with Gasteiger partial charge in [0.25, 0.3) is 0 Å². The molecule has 1 aliphatic carbocycles. The van der Waals surface area contributed by atoms with Crippen LogP contribution in [0.5, 0.6) is 0 Å². The fraction of sp³-hybridized carbons (Fsp3) is 0.188. The number of fused-ring (bicyclic) bond motifs is 1. The highest BCUT2D eigenvalue weighted by atomic mass is 19.1. The maximum Gasteiger partial charge on any atom is 0.319 e. The van der Waals surface area contributed by atoms with E-state index in [4.69, 9.17) is 0 Å². The molecule has 0 spiro atoms. The van der Waals surface area contributed by atoms with Gasteiger partial charge in [-0.3, -0.25) is 0 Å². The summed E-state index contributed by atoms with van der Waals surface area (Å²) in [5.74, 6) is -1.47. The molecule has 108 valence electrons. The molecule has 21 heavy (non-hydrogen) atoms. The molecule has 0 bridgehead atoms. The quantitative estimate of drug-likeness (QED) is 0.867. The summed E-state index contributed by atoms with van der Waals surface area (Å²) in [6.45, 7) is 0. The van der Waals surface area contributed by atoms with E-state index in [0.717, 1.165) is 30.5 Å². The van der Waals surface area contributed by atoms with Crippen molar-refractivity contribution in [3.63, 3.8) is 0 Å². The van der Waals surface area contributed by atoms with Crippen LogP contribution in [-0.2, 0) is 6.42 Å². The molecule has 0 saturated heterocycles. The molecule has 3 rings (SSSR count). The van der Waals surface area contributed by atoms with Crippen LogP contribution in [-0.4, -0.2) is 6.03 Å². The van der Waals surface area contributed by atoms with Crippen LogP contribution in [0.25, 0.3) is 0 Å². The number of benzene rings is 2. The normalized spacial score (nSPS) is 16.4. The number of hydrogen-bond donors (Lipinski definition) is 2. The van der Waals surface area contributed by atoms with E-state index in [9.17, 15) is 13.6 Å². The van der Waals surface area contributed by atoms with Crippen LogP contribution >= 0.6 is 0 Å². The lowest BCUT2D eigenvalue weighted by Gasteiger charge is -2.15. The first kappa shape index (κ1) is 13.5. The monoisotopic (exact) mass is 288 g/mol. The summed E-state index contributed by atoms with van der Waals surface area (Å²) in [6, 6.07) is 10.4. The lowest BCUT2D eigenvalue weighted by atomic mass is 10.1. The van der Waals surface area contributed by atoms with Crippen LogP contribution in [0.1, 0.15) is 23.6 Å². The van der Waals surface area contributed by atoms with Gasteiger partial charge in [-0.1, -0.05) is 24.3 Å². The number of nitrogens with one attached hydrogen (secondary N) is 2. The molecular weight excluding hydrogens is 274 g/mol. The van der Waals surface area contributed by atoms with E-state index in [2.05, 4.69) is 10.6 Å². The first-order valence-corrected chi connectivity index (χ1v) is 6.74. The topological polar surface area (TPSA) is 41.1 Å². The fourth-order valence-corrected chi connectivity index (χ4v) is 2.61. The zero-order valence-corrected chi connectivity index (χ0v) is 11.2. The third-order valence-corrected chi connectivity index (χ3v) is 3.62. The van der Waals surface area contributed by atoms with Gasteiger partial charge in [0.05, 0.1) is 11.7 Å². The van der Waals surface area contributed by atoms with E-state index in [-0.39, 0.29) is 11.7 Å². The van der Waals surface area contributed by atoms with Crippen molar-refractivity contribution in [2.45, 2.75) is 18.9 Å². The highest BCUT2D eigenvalue weighted by molar-refractivity contribution is 5.89. The number of amides is 2. The van der Waals surface area contributed by atoms with E-state index < -0.39 is 17.7 Å². The zero-order valence-electron chi connectivity index (χ0n) is 11.2. The van der Waals surface area contributed by atoms with E-state index >= 15 is 0 Å². The van der Waals surface area contributed by atoms with Gasteiger partial charge in [0.2, 0.25) is 0 Å². The molecule has 2 N–H and O–H groups in total. The summed E-state index contributed by atoms with van der Waals surface area (Å²) >= 11 is 0. The molecule has 2 aromatic carbocycles. The van der Waals surface area contributed by atoms with Crippen LogP contribution in [0.3, 0.4) is 0 Å². The largest absolute Gasteiger partial charge is 0.331 e. The minimum Gasteiger partial charge on any atom is -0.331 e. The van der Waals surface area contributed by atoms with Crippen molar-refractivity contribution in [1.29, 1.82) is 0 Å². The number of hydrogen-bond acceptors (Lipinski definition) is 1. The predicted octanol–water partition coefficient (Wildman–Crippen LogP) is 3.77. The van der Waals surface area contributed by atoms with Crippen molar-refractivity contribution in [3.05, 3.63) is 65.2 Å². The van der Waals surface area contributed by atoms with Gasteiger partial charge in [-0.05, 0) is 36.1 Å². The van der Waals surface area contributed by atoms with Gasteiger partial charge in [0, 0.05) is 6.07 Å². The highest BCUT2D eigenvalue weighted by Crippen LogP contribution is 2.30. The Kier molecular flexibility index (Phi) is 3.56. The standard InChI is InChI=1S/C16H14F2N2O/c17-11-6-8-15(13(18)9-11)20-16(21)19-14-7-5-10-3-1-2-4-12(10)14/h1-4,6,8-9,14H,5,7H2,(H2,19,20,21). The van der Waals surface area contributed by atoms with Crippen LogP contribution in [0.2, 0.25) is 0 Å². The van der Waals surface area contributed by atoms with Crippen molar-refractivity contribution in [2.75, 3.05) is 5.32 Å². The summed E-state index contributed by atoms with van der Waals surface area (Å²) in [6.07, 6.45) is 1.73. The summed E-state index contributed by atoms with van der Waals surface area (Å²) in [7, 11) is 0. The number of carbonyl (C=O) groups is 1. The lowest BCUT2D eigenvalue weighted by Crippen LogP contribution is -2.31. The number of urea groups is 1. The molecule has 0 aliphatic heterocycles. The first-order valence-electron chi connectivity index (χ1n) is 6.74. The third kappa shape index (κ3) is 2.86. The second-order valence-corrected chi connectivity index (χ2v) is 5.01. The molecule has 0 heterocycles. The number of carbonyl (C=O) groups excluding carboxylic acids is 1. The van der Waals surface area contributed by atoms with E-state index in [1.54, 1.807) is 0 Å². The molecule has 0 fully saturated rings. The van der Waals surface area contributed by atoms with Crippen molar-refractivity contribution in [2.24, 2.45) is 0 Å². The van der Waals surface area contributed by atoms with Gasteiger partial charge in [-0.25, -0.2) is 13.6 Å². The summed E-state index contributed by atoms with van der Waals surface area (Å²) in [4.78, 5) is 11.9. The molecule has 1 unspecified atom stereocenters. The smallest absolute Gasteiger partial charge is 0.319 e. The SMILES string of the molecule is O=C(Nc1ccc(F)cc1F)NC1CCc2ccccc21. The van der Waals surface area contributed by atoms with E-state index in [0.29, 0.717) is 0 Å². The Hall–Kier alpha value is -2.43. The third-order valence-electron chi connectivity index (χ3n) is 3.62. The molecule has 0 radical (unpaired) electrons. The van der Waals surface area contributed by atoms with Gasteiger partial charge < -0.3 is 10.6 Å². The number of rotatable bonds is 2. The average molecular weight is 288 g/mol. The Bertz CT molecular complexity index is 688. The molecule has 2 aromatic rings. The average Bonchev–Trinajstić information content (AvgIpc) is 2.85. The molecule has 0 saturated carbocycles. The summed E-state index contributed by atoms with van der Waals surface area (Å²) < 4.78 is 26.3. The second kappa shape index (κ2) is 5.52. The van der Waals surface area contributed by atoms with Gasteiger partial charge in [0.1, 0.15) is 11.6 Å². The lowest BCUT2D eigenvalue weighted by molar-refractivity contribution is 0.248. The Labute approximate surface area is 121 Å². The van der Waals surface area contributed by atoms with Gasteiger partial charge in [-0.2, -0.15) is 0 Å². The van der Waals surface area contributed by atoms with Crippen LogP contribution < -0.4 is 10.6 Å². The molecule has 1 atom stereocenters. The Balaban J connectivity index is 1.68. The van der Waals surface area contributed by atoms with Crippen molar-refractivity contribution >= 4 is 11.7 Å².